The molecule has 92 valence electrons. The number of Topliss-reactive ketones (excluding diaryl/α,β-unsaturated/α-hetero) is 1. The van der Waals surface area contributed by atoms with Crippen LogP contribution in [0.5, 0.6) is 0 Å². The average molecular weight is 278 g/mol. The molecule has 2 nitrogen and oxygen atoms in total. The fourth-order valence-corrected chi connectivity index (χ4v) is 2.53. The van der Waals surface area contributed by atoms with Gasteiger partial charge in [-0.05, 0) is 37.3 Å². The van der Waals surface area contributed by atoms with E-state index in [0.717, 1.165) is 10.6 Å². The highest BCUT2D eigenvalue weighted by Gasteiger charge is 2.07. The van der Waals surface area contributed by atoms with Crippen LogP contribution in [0.25, 0.3) is 0 Å². The molecule has 0 saturated heterocycles. The van der Waals surface area contributed by atoms with E-state index in [4.69, 9.17) is 11.6 Å². The first kappa shape index (κ1) is 13.1. The Morgan fingerprint density at radius 2 is 2.17 bits per heavy atom. The Morgan fingerprint density at radius 1 is 1.33 bits per heavy atom. The van der Waals surface area contributed by atoms with Gasteiger partial charge in [0.05, 0.1) is 5.75 Å². The van der Waals surface area contributed by atoms with Crippen LogP contribution in [-0.2, 0) is 0 Å². The second-order valence-electron chi connectivity index (χ2n) is 3.86. The van der Waals surface area contributed by atoms with E-state index in [2.05, 4.69) is 4.98 Å². The molecule has 0 spiro atoms. The molecule has 1 aromatic carbocycles. The number of aryl methyl sites for hydroxylation is 1. The van der Waals surface area contributed by atoms with Gasteiger partial charge in [0, 0.05) is 27.4 Å². The Morgan fingerprint density at radius 3 is 2.83 bits per heavy atom. The molecule has 0 unspecified atom stereocenters. The molecule has 0 aliphatic heterocycles. The minimum Gasteiger partial charge on any atom is -0.293 e. The lowest BCUT2D eigenvalue weighted by Gasteiger charge is -2.02. The molecule has 2 rings (SSSR count). The van der Waals surface area contributed by atoms with Gasteiger partial charge in [-0.25, -0.2) is 0 Å². The number of benzene rings is 1. The molecular weight excluding hydrogens is 266 g/mol. The Hall–Kier alpha value is -1.32. The molecule has 18 heavy (non-hydrogen) atoms. The van der Waals surface area contributed by atoms with Gasteiger partial charge in [-0.2, -0.15) is 0 Å². The van der Waals surface area contributed by atoms with Crippen LogP contribution in [0.1, 0.15) is 16.1 Å². The number of hydrogen-bond acceptors (Lipinski definition) is 3. The van der Waals surface area contributed by atoms with Gasteiger partial charge < -0.3 is 0 Å². The van der Waals surface area contributed by atoms with Crippen LogP contribution >= 0.6 is 23.4 Å². The fourth-order valence-electron chi connectivity index (χ4n) is 1.42. The average Bonchev–Trinajstić information content (AvgIpc) is 2.37. The molecule has 0 aliphatic rings. The number of pyridine rings is 1. The molecule has 0 saturated carbocycles. The number of aromatic nitrogens is 1. The van der Waals surface area contributed by atoms with Crippen molar-refractivity contribution in [1.82, 2.24) is 4.98 Å². The molecule has 2 aromatic rings. The molecule has 0 radical (unpaired) electrons. The van der Waals surface area contributed by atoms with Crippen LogP contribution < -0.4 is 0 Å². The van der Waals surface area contributed by atoms with Crippen molar-refractivity contribution >= 4 is 29.1 Å². The lowest BCUT2D eigenvalue weighted by Crippen LogP contribution is -2.03. The summed E-state index contributed by atoms with van der Waals surface area (Å²) in [6.07, 6.45) is 1.62. The van der Waals surface area contributed by atoms with Crippen molar-refractivity contribution in [2.24, 2.45) is 0 Å². The molecule has 0 aliphatic carbocycles. The zero-order valence-electron chi connectivity index (χ0n) is 9.89. The van der Waals surface area contributed by atoms with Crippen molar-refractivity contribution in [3.63, 3.8) is 0 Å². The number of nitrogens with zero attached hydrogens (tertiary/aromatic N) is 1. The summed E-state index contributed by atoms with van der Waals surface area (Å²) in [6.45, 7) is 1.90. The molecule has 1 aromatic heterocycles. The third-order valence-electron chi connectivity index (χ3n) is 2.40. The highest BCUT2D eigenvalue weighted by atomic mass is 35.5. The van der Waals surface area contributed by atoms with Gasteiger partial charge in [-0.15, -0.1) is 11.8 Å². The van der Waals surface area contributed by atoms with Gasteiger partial charge in [0.2, 0.25) is 0 Å². The number of halogens is 1. The maximum absolute atomic E-state index is 11.9. The van der Waals surface area contributed by atoms with Gasteiger partial charge in [-0.1, -0.05) is 17.7 Å². The molecule has 0 fully saturated rings. The summed E-state index contributed by atoms with van der Waals surface area (Å²) in [5.74, 6) is 0.470. The van der Waals surface area contributed by atoms with Crippen LogP contribution in [-0.4, -0.2) is 16.5 Å². The summed E-state index contributed by atoms with van der Waals surface area (Å²) in [4.78, 5) is 17.0. The lowest BCUT2D eigenvalue weighted by atomic mass is 10.2. The number of hydrogen-bond donors (Lipinski definition) is 0. The fraction of sp³-hybridized carbons (Fsp3) is 0.143. The topological polar surface area (TPSA) is 30.0 Å². The van der Waals surface area contributed by atoms with E-state index in [1.165, 1.54) is 11.8 Å². The maximum atomic E-state index is 11.9. The van der Waals surface area contributed by atoms with Gasteiger partial charge >= 0.3 is 0 Å². The predicted octanol–water partition coefficient (Wildman–Crippen LogP) is 4.02. The van der Waals surface area contributed by atoms with Crippen molar-refractivity contribution in [3.8, 4) is 0 Å². The van der Waals surface area contributed by atoms with E-state index in [1.54, 1.807) is 6.20 Å². The zero-order valence-corrected chi connectivity index (χ0v) is 11.5. The molecule has 1 heterocycles. The minimum absolute atomic E-state index is 0.0764. The maximum Gasteiger partial charge on any atom is 0.174 e. The minimum atomic E-state index is 0.0764. The largest absolute Gasteiger partial charge is 0.293 e. The third-order valence-corrected chi connectivity index (χ3v) is 3.63. The Kier molecular flexibility index (Phi) is 4.39. The SMILES string of the molecule is Cc1ccc(C(=O)CSc2cccc(Cl)c2)cn1. The number of carbonyl (C=O) groups excluding carboxylic acids is 1. The van der Waals surface area contributed by atoms with E-state index in [-0.39, 0.29) is 5.78 Å². The predicted molar refractivity (Wildman–Crippen MR) is 75.5 cm³/mol. The number of thioether (sulfide) groups is 1. The van der Waals surface area contributed by atoms with Crippen molar-refractivity contribution in [2.45, 2.75) is 11.8 Å². The first-order chi connectivity index (χ1) is 8.65. The smallest absolute Gasteiger partial charge is 0.174 e. The quantitative estimate of drug-likeness (QED) is 0.624. The van der Waals surface area contributed by atoms with Crippen molar-refractivity contribution in [2.75, 3.05) is 5.75 Å². The molecule has 4 heteroatoms. The molecule has 0 amide bonds. The first-order valence-electron chi connectivity index (χ1n) is 5.49. The van der Waals surface area contributed by atoms with Crippen molar-refractivity contribution in [3.05, 3.63) is 58.9 Å². The second-order valence-corrected chi connectivity index (χ2v) is 5.34. The molecule has 0 atom stereocenters. The van der Waals surface area contributed by atoms with E-state index < -0.39 is 0 Å². The van der Waals surface area contributed by atoms with Gasteiger partial charge in [0.1, 0.15) is 0 Å². The summed E-state index contributed by atoms with van der Waals surface area (Å²) < 4.78 is 0. The van der Waals surface area contributed by atoms with Gasteiger partial charge in [0.15, 0.2) is 5.78 Å². The van der Waals surface area contributed by atoms with Crippen LogP contribution in [0, 0.1) is 6.92 Å². The second kappa shape index (κ2) is 6.03. The summed E-state index contributed by atoms with van der Waals surface area (Å²) >= 11 is 7.37. The van der Waals surface area contributed by atoms with Gasteiger partial charge in [-0.3, -0.25) is 9.78 Å². The van der Waals surface area contributed by atoms with E-state index in [9.17, 15) is 4.79 Å². The van der Waals surface area contributed by atoms with Gasteiger partial charge in [0.25, 0.3) is 0 Å². The summed E-state index contributed by atoms with van der Waals surface area (Å²) in [6, 6.07) is 11.1. The van der Waals surface area contributed by atoms with Crippen molar-refractivity contribution < 1.29 is 4.79 Å². The van der Waals surface area contributed by atoms with Crippen LogP contribution in [0.15, 0.2) is 47.5 Å². The number of rotatable bonds is 4. The summed E-state index contributed by atoms with van der Waals surface area (Å²) in [5, 5.41) is 0.685. The molecular formula is C14H12ClNOS. The Labute approximate surface area is 115 Å². The normalized spacial score (nSPS) is 10.3. The standard InChI is InChI=1S/C14H12ClNOS/c1-10-5-6-11(8-16-10)14(17)9-18-13-4-2-3-12(15)7-13/h2-8H,9H2,1H3. The number of carbonyl (C=O) groups is 1. The highest BCUT2D eigenvalue weighted by molar-refractivity contribution is 8.00. The number of ketones is 1. The summed E-state index contributed by atoms with van der Waals surface area (Å²) in [5.41, 5.74) is 1.56. The highest BCUT2D eigenvalue weighted by Crippen LogP contribution is 2.22. The third kappa shape index (κ3) is 3.59. The van der Waals surface area contributed by atoms with Crippen LogP contribution in [0.3, 0.4) is 0 Å². The summed E-state index contributed by atoms with van der Waals surface area (Å²) in [7, 11) is 0. The van der Waals surface area contributed by atoms with E-state index in [1.807, 2.05) is 43.3 Å². The van der Waals surface area contributed by atoms with Crippen molar-refractivity contribution in [1.29, 1.82) is 0 Å². The monoisotopic (exact) mass is 277 g/mol. The van der Waals surface area contributed by atoms with Crippen LogP contribution in [0.4, 0.5) is 0 Å². The lowest BCUT2D eigenvalue weighted by molar-refractivity contribution is 0.102. The molecule has 0 bridgehead atoms. The zero-order chi connectivity index (χ0) is 13.0. The molecule has 0 N–H and O–H groups in total. The Bertz CT molecular complexity index is 554. The first-order valence-corrected chi connectivity index (χ1v) is 6.86. The van der Waals surface area contributed by atoms with E-state index in [0.29, 0.717) is 16.3 Å². The van der Waals surface area contributed by atoms with E-state index >= 15 is 0 Å². The van der Waals surface area contributed by atoms with Crippen LogP contribution in [0.2, 0.25) is 5.02 Å². The Balaban J connectivity index is 1.98.